The minimum atomic E-state index is -4.40. The molecular weight excluding hydrogens is 385 g/mol. The lowest BCUT2D eigenvalue weighted by molar-refractivity contribution is -0.140. The summed E-state index contributed by atoms with van der Waals surface area (Å²) in [6.45, 7) is 0. The highest BCUT2D eigenvalue weighted by atomic mass is 19.4. The molecule has 1 aromatic heterocycles. The fraction of sp³-hybridized carbons (Fsp3) is 0.150. The molecule has 3 rings (SSSR count). The van der Waals surface area contributed by atoms with Gasteiger partial charge in [0.1, 0.15) is 0 Å². The molecule has 0 aliphatic heterocycles. The Morgan fingerprint density at radius 3 is 2.52 bits per heavy atom. The summed E-state index contributed by atoms with van der Waals surface area (Å²) in [5.41, 5.74) is 7.82. The second kappa shape index (κ2) is 8.17. The molecule has 2 aromatic carbocycles. The Morgan fingerprint density at radius 1 is 1.14 bits per heavy atom. The third-order valence-electron chi connectivity index (χ3n) is 4.10. The number of carbonyl (C=O) groups is 1. The molecule has 0 fully saturated rings. The molecular formula is C20H17F3N4O2. The first-order chi connectivity index (χ1) is 13.8. The minimum Gasteiger partial charge on any atom is -0.469 e. The van der Waals surface area contributed by atoms with E-state index in [1.54, 1.807) is 24.3 Å². The van der Waals surface area contributed by atoms with Gasteiger partial charge in [-0.2, -0.15) is 13.2 Å². The van der Waals surface area contributed by atoms with E-state index in [1.807, 2.05) is 0 Å². The van der Waals surface area contributed by atoms with Crippen LogP contribution in [0.25, 0.3) is 11.3 Å². The molecule has 0 aliphatic rings. The first-order valence-corrected chi connectivity index (χ1v) is 8.49. The van der Waals surface area contributed by atoms with Crippen LogP contribution < -0.4 is 11.1 Å². The number of esters is 1. The Bertz CT molecular complexity index is 1020. The standard InChI is InChI=1S/C20H17F3N4O2/c1-29-18(28)10-12-2-5-14(24)11-16(12)17-8-9-25-19(27-17)26-15-6-3-13(4-7-15)20(21,22)23/h2-9,11H,10,24H2,1H3,(H,25,26,27). The quantitative estimate of drug-likeness (QED) is 0.491. The second-order valence-corrected chi connectivity index (χ2v) is 6.14. The van der Waals surface area contributed by atoms with Crippen LogP contribution in [0, 0.1) is 0 Å². The van der Waals surface area contributed by atoms with Crippen LogP contribution in [-0.2, 0) is 22.1 Å². The molecule has 1 heterocycles. The number of hydrogen-bond donors (Lipinski definition) is 2. The monoisotopic (exact) mass is 402 g/mol. The van der Waals surface area contributed by atoms with Gasteiger partial charge >= 0.3 is 12.1 Å². The summed E-state index contributed by atoms with van der Waals surface area (Å²) in [7, 11) is 1.30. The van der Waals surface area contributed by atoms with Crippen molar-refractivity contribution in [3.8, 4) is 11.3 Å². The van der Waals surface area contributed by atoms with Crippen molar-refractivity contribution < 1.29 is 22.7 Å². The van der Waals surface area contributed by atoms with Crippen LogP contribution in [0.5, 0.6) is 0 Å². The van der Waals surface area contributed by atoms with Gasteiger partial charge in [-0.15, -0.1) is 0 Å². The zero-order chi connectivity index (χ0) is 21.0. The second-order valence-electron chi connectivity index (χ2n) is 6.14. The van der Waals surface area contributed by atoms with Crippen LogP contribution in [0.2, 0.25) is 0 Å². The van der Waals surface area contributed by atoms with Gasteiger partial charge in [-0.25, -0.2) is 9.97 Å². The predicted molar refractivity (Wildman–Crippen MR) is 102 cm³/mol. The largest absolute Gasteiger partial charge is 0.469 e. The lowest BCUT2D eigenvalue weighted by atomic mass is 10.0. The number of benzene rings is 2. The summed E-state index contributed by atoms with van der Waals surface area (Å²) < 4.78 is 42.8. The molecule has 0 spiro atoms. The Kier molecular flexibility index (Phi) is 5.67. The normalized spacial score (nSPS) is 11.2. The van der Waals surface area contributed by atoms with E-state index in [1.165, 1.54) is 25.4 Å². The molecule has 9 heteroatoms. The molecule has 150 valence electrons. The Labute approximate surface area is 164 Å². The number of anilines is 3. The zero-order valence-electron chi connectivity index (χ0n) is 15.3. The predicted octanol–water partition coefficient (Wildman–Crippen LogP) is 4.20. The van der Waals surface area contributed by atoms with Gasteiger partial charge in [0.2, 0.25) is 5.95 Å². The summed E-state index contributed by atoms with van der Waals surface area (Å²) in [5.74, 6) is -0.220. The molecule has 0 atom stereocenters. The van der Waals surface area contributed by atoms with Crippen molar-refractivity contribution in [2.24, 2.45) is 0 Å². The molecule has 0 saturated heterocycles. The third-order valence-corrected chi connectivity index (χ3v) is 4.10. The average Bonchev–Trinajstić information content (AvgIpc) is 2.69. The molecule has 29 heavy (non-hydrogen) atoms. The Hall–Kier alpha value is -3.62. The van der Waals surface area contributed by atoms with Crippen LogP contribution in [0.4, 0.5) is 30.5 Å². The number of methoxy groups -OCH3 is 1. The number of ether oxygens (including phenoxy) is 1. The Morgan fingerprint density at radius 2 is 1.86 bits per heavy atom. The van der Waals surface area contributed by atoms with Crippen LogP contribution in [0.3, 0.4) is 0 Å². The number of carbonyl (C=O) groups excluding carboxylic acids is 1. The number of nitrogens with one attached hydrogen (secondary N) is 1. The highest BCUT2D eigenvalue weighted by Crippen LogP contribution is 2.30. The number of alkyl halides is 3. The van der Waals surface area contributed by atoms with Crippen molar-refractivity contribution in [2.75, 3.05) is 18.2 Å². The summed E-state index contributed by atoms with van der Waals surface area (Å²) in [6, 6.07) is 11.2. The van der Waals surface area contributed by atoms with Gasteiger partial charge in [-0.05, 0) is 48.0 Å². The number of rotatable bonds is 5. The number of nitrogens with zero attached hydrogens (tertiary/aromatic N) is 2. The smallest absolute Gasteiger partial charge is 0.416 e. The SMILES string of the molecule is COC(=O)Cc1ccc(N)cc1-c1ccnc(Nc2ccc(C(F)(F)F)cc2)n1. The van der Waals surface area contributed by atoms with Crippen molar-refractivity contribution in [3.63, 3.8) is 0 Å². The minimum absolute atomic E-state index is 0.0395. The van der Waals surface area contributed by atoms with E-state index in [-0.39, 0.29) is 12.4 Å². The maximum atomic E-state index is 12.7. The molecule has 0 amide bonds. The van der Waals surface area contributed by atoms with Crippen LogP contribution in [0.1, 0.15) is 11.1 Å². The molecule has 0 saturated carbocycles. The highest BCUT2D eigenvalue weighted by molar-refractivity contribution is 5.78. The van der Waals surface area contributed by atoms with Crippen molar-refractivity contribution >= 4 is 23.3 Å². The molecule has 0 radical (unpaired) electrons. The van der Waals surface area contributed by atoms with Gasteiger partial charge in [0.15, 0.2) is 0 Å². The molecule has 6 nitrogen and oxygen atoms in total. The van der Waals surface area contributed by atoms with E-state index < -0.39 is 17.7 Å². The zero-order valence-corrected chi connectivity index (χ0v) is 15.3. The first-order valence-electron chi connectivity index (χ1n) is 8.49. The fourth-order valence-electron chi connectivity index (χ4n) is 2.65. The van der Waals surface area contributed by atoms with Gasteiger partial charge in [-0.3, -0.25) is 4.79 Å². The van der Waals surface area contributed by atoms with Crippen LogP contribution >= 0.6 is 0 Å². The highest BCUT2D eigenvalue weighted by Gasteiger charge is 2.29. The van der Waals surface area contributed by atoms with E-state index in [2.05, 4.69) is 15.3 Å². The van der Waals surface area contributed by atoms with Crippen molar-refractivity contribution in [3.05, 3.63) is 65.9 Å². The maximum Gasteiger partial charge on any atom is 0.416 e. The van der Waals surface area contributed by atoms with Crippen molar-refractivity contribution in [1.29, 1.82) is 0 Å². The number of halogens is 3. The third kappa shape index (κ3) is 5.01. The fourth-order valence-corrected chi connectivity index (χ4v) is 2.65. The van der Waals surface area contributed by atoms with Gasteiger partial charge in [0.05, 0.1) is 24.8 Å². The van der Waals surface area contributed by atoms with E-state index in [9.17, 15) is 18.0 Å². The van der Waals surface area contributed by atoms with Crippen LogP contribution in [-0.4, -0.2) is 23.0 Å². The molecule has 0 bridgehead atoms. The maximum absolute atomic E-state index is 12.7. The van der Waals surface area contributed by atoms with Gasteiger partial charge in [0.25, 0.3) is 0 Å². The lowest BCUT2D eigenvalue weighted by Crippen LogP contribution is -2.07. The average molecular weight is 402 g/mol. The molecule has 3 aromatic rings. The summed E-state index contributed by atoms with van der Waals surface area (Å²) >= 11 is 0. The first kappa shape index (κ1) is 20.1. The summed E-state index contributed by atoms with van der Waals surface area (Å²) in [5, 5.41) is 2.87. The lowest BCUT2D eigenvalue weighted by Gasteiger charge is -2.12. The van der Waals surface area contributed by atoms with E-state index in [0.717, 1.165) is 12.1 Å². The van der Waals surface area contributed by atoms with Gasteiger partial charge < -0.3 is 15.8 Å². The number of nitrogen functional groups attached to an aromatic ring is 1. The summed E-state index contributed by atoms with van der Waals surface area (Å²) in [4.78, 5) is 20.2. The number of hydrogen-bond acceptors (Lipinski definition) is 6. The Balaban J connectivity index is 1.88. The van der Waals surface area contributed by atoms with Gasteiger partial charge in [0, 0.05) is 23.1 Å². The van der Waals surface area contributed by atoms with Crippen molar-refractivity contribution in [2.45, 2.75) is 12.6 Å². The van der Waals surface area contributed by atoms with Crippen molar-refractivity contribution in [1.82, 2.24) is 9.97 Å². The van der Waals surface area contributed by atoms with Gasteiger partial charge in [-0.1, -0.05) is 6.07 Å². The van der Waals surface area contributed by atoms with E-state index in [4.69, 9.17) is 10.5 Å². The van der Waals surface area contributed by atoms with E-state index in [0.29, 0.717) is 28.2 Å². The van der Waals surface area contributed by atoms with Crippen LogP contribution in [0.15, 0.2) is 54.7 Å². The molecule has 0 aliphatic carbocycles. The number of nitrogens with two attached hydrogens (primary N) is 1. The topological polar surface area (TPSA) is 90.1 Å². The molecule has 0 unspecified atom stereocenters. The van der Waals surface area contributed by atoms with E-state index >= 15 is 0 Å². The summed E-state index contributed by atoms with van der Waals surface area (Å²) in [6.07, 6.45) is -2.87. The molecule has 3 N–H and O–H groups in total. The number of aromatic nitrogens is 2.